The van der Waals surface area contributed by atoms with Gasteiger partial charge < -0.3 is 5.11 Å². The Labute approximate surface area is 157 Å². The minimum Gasteiger partial charge on any atom is -0.842 e. The average molecular weight is 409 g/mol. The Balaban J connectivity index is 2.05. The molecular formula is C19H13BrN4O2. The number of pyridine rings is 1. The summed E-state index contributed by atoms with van der Waals surface area (Å²) in [6.45, 7) is 0.269. The van der Waals surface area contributed by atoms with Crippen molar-refractivity contribution in [3.63, 3.8) is 0 Å². The predicted octanol–water partition coefficient (Wildman–Crippen LogP) is 1.93. The number of rotatable bonds is 3. The van der Waals surface area contributed by atoms with Crippen molar-refractivity contribution in [2.45, 2.75) is 6.54 Å². The molecule has 0 N–H and O–H groups in total. The van der Waals surface area contributed by atoms with E-state index in [9.17, 15) is 9.90 Å². The number of fused-ring (bicyclic) bond motifs is 1. The molecule has 0 radical (unpaired) electrons. The van der Waals surface area contributed by atoms with Crippen molar-refractivity contribution >= 4 is 21.6 Å². The lowest BCUT2D eigenvalue weighted by molar-refractivity contribution is -0.708. The molecule has 6 nitrogen and oxygen atoms in total. The zero-order chi connectivity index (χ0) is 18.1. The molecular weight excluding hydrogens is 396 g/mol. The van der Waals surface area contributed by atoms with Crippen molar-refractivity contribution in [1.82, 2.24) is 14.4 Å². The number of aromatic nitrogens is 4. The van der Waals surface area contributed by atoms with Crippen LogP contribution in [0.2, 0.25) is 0 Å². The lowest BCUT2D eigenvalue weighted by Gasteiger charge is -2.17. The first-order chi connectivity index (χ1) is 12.7. The predicted molar refractivity (Wildman–Crippen MR) is 97.6 cm³/mol. The van der Waals surface area contributed by atoms with Crippen LogP contribution in [0.25, 0.3) is 16.8 Å². The molecule has 0 aliphatic carbocycles. The largest absolute Gasteiger partial charge is 0.842 e. The molecule has 0 fully saturated rings. The maximum atomic E-state index is 13.2. The van der Waals surface area contributed by atoms with Gasteiger partial charge in [-0.1, -0.05) is 40.2 Å². The van der Waals surface area contributed by atoms with Crippen LogP contribution in [0.5, 0.6) is 5.88 Å². The van der Waals surface area contributed by atoms with Gasteiger partial charge in [-0.3, -0.25) is 0 Å². The molecule has 0 saturated heterocycles. The smallest absolute Gasteiger partial charge is 0.349 e. The summed E-state index contributed by atoms with van der Waals surface area (Å²) in [6, 6.07) is 12.5. The summed E-state index contributed by atoms with van der Waals surface area (Å²) < 4.78 is 3.74. The minimum atomic E-state index is -0.350. The summed E-state index contributed by atoms with van der Waals surface area (Å²) in [4.78, 5) is 21.0. The fourth-order valence-electron chi connectivity index (χ4n) is 2.92. The molecule has 0 saturated carbocycles. The van der Waals surface area contributed by atoms with Crippen LogP contribution in [0.15, 0.2) is 76.6 Å². The van der Waals surface area contributed by atoms with Gasteiger partial charge in [-0.05, 0) is 12.1 Å². The van der Waals surface area contributed by atoms with Gasteiger partial charge in [0, 0.05) is 34.1 Å². The molecule has 0 spiro atoms. The molecule has 4 aromatic rings. The first kappa shape index (κ1) is 16.4. The summed E-state index contributed by atoms with van der Waals surface area (Å²) >= 11 is 3.44. The third kappa shape index (κ3) is 2.76. The molecule has 128 valence electrons. The number of nitrogens with zero attached hydrogens (tertiary/aromatic N) is 4. The van der Waals surface area contributed by atoms with Crippen LogP contribution in [0.1, 0.15) is 5.56 Å². The topological polar surface area (TPSA) is 74.2 Å². The van der Waals surface area contributed by atoms with Crippen molar-refractivity contribution < 1.29 is 9.67 Å². The standard InChI is InChI=1S/C19H13BrN4O2/c20-15-6-2-1-5-14(15)17-18(25)23-8-4-3-7-16(23)24(19(17)26)11-13-9-21-12-22-10-13/h1-10,12H,11H2. The number of benzene rings is 1. The first-order valence-electron chi connectivity index (χ1n) is 7.90. The highest BCUT2D eigenvalue weighted by atomic mass is 79.9. The van der Waals surface area contributed by atoms with E-state index in [1.807, 2.05) is 12.1 Å². The highest BCUT2D eigenvalue weighted by Crippen LogP contribution is 2.29. The molecule has 26 heavy (non-hydrogen) atoms. The first-order valence-corrected chi connectivity index (χ1v) is 8.69. The highest BCUT2D eigenvalue weighted by Gasteiger charge is 2.21. The van der Waals surface area contributed by atoms with Crippen LogP contribution in [0.4, 0.5) is 0 Å². The molecule has 1 aromatic carbocycles. The minimum absolute atomic E-state index is 0.123. The Morgan fingerprint density at radius 3 is 2.58 bits per heavy atom. The second kappa shape index (κ2) is 6.68. The third-order valence-corrected chi connectivity index (χ3v) is 4.80. The van der Waals surface area contributed by atoms with Gasteiger partial charge in [-0.15, -0.1) is 0 Å². The third-order valence-electron chi connectivity index (χ3n) is 4.10. The second-order valence-corrected chi connectivity index (χ2v) is 6.58. The molecule has 3 aromatic heterocycles. The van der Waals surface area contributed by atoms with E-state index in [0.717, 1.165) is 5.56 Å². The summed E-state index contributed by atoms with van der Waals surface area (Å²) in [5.41, 5.74) is 1.63. The number of hydrogen-bond acceptors (Lipinski definition) is 4. The van der Waals surface area contributed by atoms with E-state index in [0.29, 0.717) is 15.7 Å². The normalized spacial score (nSPS) is 11.0. The van der Waals surface area contributed by atoms with E-state index in [-0.39, 0.29) is 23.5 Å². The molecule has 0 aliphatic rings. The monoisotopic (exact) mass is 408 g/mol. The van der Waals surface area contributed by atoms with Gasteiger partial charge in [-0.2, -0.15) is 4.40 Å². The molecule has 7 heteroatoms. The Bertz CT molecular complexity index is 1160. The molecule has 0 atom stereocenters. The van der Waals surface area contributed by atoms with E-state index < -0.39 is 0 Å². The van der Waals surface area contributed by atoms with Gasteiger partial charge in [0.05, 0.1) is 12.1 Å². The van der Waals surface area contributed by atoms with Gasteiger partial charge in [0.15, 0.2) is 0 Å². The van der Waals surface area contributed by atoms with Gasteiger partial charge in [0.25, 0.3) is 5.65 Å². The Kier molecular flexibility index (Phi) is 4.22. The van der Waals surface area contributed by atoms with Crippen LogP contribution in [0.3, 0.4) is 0 Å². The van der Waals surface area contributed by atoms with Crippen molar-refractivity contribution in [1.29, 1.82) is 0 Å². The van der Waals surface area contributed by atoms with Gasteiger partial charge in [0.2, 0.25) is 0 Å². The lowest BCUT2D eigenvalue weighted by atomic mass is 10.1. The second-order valence-electron chi connectivity index (χ2n) is 5.73. The fourth-order valence-corrected chi connectivity index (χ4v) is 3.40. The van der Waals surface area contributed by atoms with Crippen molar-refractivity contribution in [2.75, 3.05) is 0 Å². The lowest BCUT2D eigenvalue weighted by Crippen LogP contribution is -2.44. The molecule has 0 aliphatic heterocycles. The Morgan fingerprint density at radius 1 is 1.08 bits per heavy atom. The van der Waals surface area contributed by atoms with Crippen molar-refractivity contribution in [3.8, 4) is 17.0 Å². The highest BCUT2D eigenvalue weighted by molar-refractivity contribution is 9.10. The maximum Gasteiger partial charge on any atom is 0.349 e. The van der Waals surface area contributed by atoms with Crippen molar-refractivity contribution in [3.05, 3.63) is 87.8 Å². The Morgan fingerprint density at radius 2 is 1.81 bits per heavy atom. The van der Waals surface area contributed by atoms with Gasteiger partial charge in [-0.25, -0.2) is 19.3 Å². The van der Waals surface area contributed by atoms with Crippen molar-refractivity contribution in [2.24, 2.45) is 0 Å². The van der Waals surface area contributed by atoms with E-state index in [4.69, 9.17) is 0 Å². The Hall–Kier alpha value is -3.06. The van der Waals surface area contributed by atoms with E-state index >= 15 is 0 Å². The molecule has 0 unspecified atom stereocenters. The molecule has 0 bridgehead atoms. The van der Waals surface area contributed by atoms with Gasteiger partial charge >= 0.3 is 5.56 Å². The number of halogens is 1. The van der Waals surface area contributed by atoms with Crippen LogP contribution in [0, 0.1) is 0 Å². The summed E-state index contributed by atoms with van der Waals surface area (Å²) in [6.07, 6.45) is 6.41. The summed E-state index contributed by atoms with van der Waals surface area (Å²) in [7, 11) is 0. The van der Waals surface area contributed by atoms with E-state index in [2.05, 4.69) is 25.9 Å². The van der Waals surface area contributed by atoms with Crippen LogP contribution < -0.4 is 15.2 Å². The zero-order valence-electron chi connectivity index (χ0n) is 13.5. The average Bonchev–Trinajstić information content (AvgIpc) is 2.67. The van der Waals surface area contributed by atoms with Crippen LogP contribution in [-0.4, -0.2) is 14.4 Å². The SMILES string of the molecule is O=c1c(-c2ccccc2Br)c([O-])[n+](Cc2cncnc2)c2ccccn12. The van der Waals surface area contributed by atoms with Gasteiger partial charge in [0.1, 0.15) is 18.4 Å². The quantitative estimate of drug-likeness (QED) is 0.485. The number of hydrogen-bond donors (Lipinski definition) is 0. The fraction of sp³-hybridized carbons (Fsp3) is 0.0526. The summed E-state index contributed by atoms with van der Waals surface area (Å²) in [5.74, 6) is -0.350. The molecule has 3 heterocycles. The zero-order valence-corrected chi connectivity index (χ0v) is 15.1. The molecule has 4 rings (SSSR count). The van der Waals surface area contributed by atoms with Crippen LogP contribution >= 0.6 is 15.9 Å². The molecule has 0 amide bonds. The summed E-state index contributed by atoms with van der Waals surface area (Å²) in [5, 5.41) is 13.2. The van der Waals surface area contributed by atoms with E-state index in [1.165, 1.54) is 10.7 Å². The van der Waals surface area contributed by atoms with E-state index in [1.54, 1.807) is 53.5 Å². The maximum absolute atomic E-state index is 13.2. The van der Waals surface area contributed by atoms with Crippen LogP contribution in [-0.2, 0) is 6.54 Å².